The fourth-order valence-corrected chi connectivity index (χ4v) is 4.87. The third-order valence-corrected chi connectivity index (χ3v) is 6.43. The molecule has 0 amide bonds. The van der Waals surface area contributed by atoms with Crippen molar-refractivity contribution in [2.75, 3.05) is 32.6 Å². The van der Waals surface area contributed by atoms with Crippen LogP contribution in [0, 0.1) is 22.0 Å². The van der Waals surface area contributed by atoms with Crippen LogP contribution < -0.4 is 5.32 Å². The summed E-state index contributed by atoms with van der Waals surface area (Å²) in [6, 6.07) is 2.05. The topological polar surface area (TPSA) is 93.0 Å². The third kappa shape index (κ3) is 6.95. The number of nitrogens with zero attached hydrogens (tertiary/aromatic N) is 3. The SMILES string of the molecule is C.CNc1ncc(SN2CC3CCC[C@@H]3C2)cc1C=N.CO.Cn1cc[nH]c1=S. The predicted molar refractivity (Wildman–Crippen MR) is 125 cm³/mol. The number of aryl methyl sites for hydroxylation is 1. The van der Waals surface area contributed by atoms with E-state index in [0.717, 1.165) is 40.0 Å². The Morgan fingerprint density at radius 3 is 2.45 bits per heavy atom. The second-order valence-corrected chi connectivity index (χ2v) is 8.33. The number of aromatic nitrogens is 3. The van der Waals surface area contributed by atoms with Crippen molar-refractivity contribution in [3.63, 3.8) is 0 Å². The fraction of sp³-hybridized carbons (Fsp3) is 0.550. The van der Waals surface area contributed by atoms with Gasteiger partial charge >= 0.3 is 0 Å². The molecule has 7 nitrogen and oxygen atoms in total. The maximum atomic E-state index is 7.44. The number of fused-ring (bicyclic) bond motifs is 1. The van der Waals surface area contributed by atoms with Crippen LogP contribution in [-0.4, -0.2) is 57.4 Å². The average molecular weight is 439 g/mol. The van der Waals surface area contributed by atoms with Gasteiger partial charge in [-0.3, -0.25) is 0 Å². The molecule has 1 saturated carbocycles. The Kier molecular flexibility index (Phi) is 11.2. The molecule has 4 rings (SSSR count). The van der Waals surface area contributed by atoms with E-state index >= 15 is 0 Å². The van der Waals surface area contributed by atoms with Crippen molar-refractivity contribution >= 4 is 36.2 Å². The molecule has 0 radical (unpaired) electrons. The van der Waals surface area contributed by atoms with Gasteiger partial charge in [0.1, 0.15) is 5.82 Å². The molecule has 2 fully saturated rings. The van der Waals surface area contributed by atoms with Gasteiger partial charge in [0.05, 0.1) is 0 Å². The molecule has 1 aliphatic heterocycles. The van der Waals surface area contributed by atoms with E-state index < -0.39 is 0 Å². The van der Waals surface area contributed by atoms with Gasteiger partial charge in [-0.2, -0.15) is 0 Å². The number of anilines is 1. The minimum absolute atomic E-state index is 0. The highest BCUT2D eigenvalue weighted by atomic mass is 32.2. The Hall–Kier alpha value is -1.68. The normalized spacial score (nSPS) is 19.7. The van der Waals surface area contributed by atoms with Crippen molar-refractivity contribution < 1.29 is 5.11 Å². The molecule has 0 bridgehead atoms. The van der Waals surface area contributed by atoms with Crippen molar-refractivity contribution in [3.8, 4) is 0 Å². The molecule has 0 aromatic carbocycles. The molecule has 2 aromatic heterocycles. The number of pyridine rings is 1. The van der Waals surface area contributed by atoms with E-state index in [4.69, 9.17) is 22.7 Å². The highest BCUT2D eigenvalue weighted by Crippen LogP contribution is 2.41. The molecule has 162 valence electrons. The molecule has 1 saturated heterocycles. The second-order valence-electron chi connectivity index (χ2n) is 6.77. The van der Waals surface area contributed by atoms with Crippen LogP contribution in [0.1, 0.15) is 32.3 Å². The van der Waals surface area contributed by atoms with Gasteiger partial charge < -0.3 is 25.4 Å². The summed E-state index contributed by atoms with van der Waals surface area (Å²) in [4.78, 5) is 8.35. The fourth-order valence-electron chi connectivity index (χ4n) is 3.64. The standard InChI is InChI=1S/C14H20N4S.C4H6N2S.CH4O.CH4/c1-16-14-12(6-15)5-13(7-17-14)19-18-8-10-3-2-4-11(10)9-18;1-6-3-2-5-4(6)7;1-2;/h5-7,10-11,15H,2-4,8-9H2,1H3,(H,16,17);2-3H,1H3,(H,5,7);2H,1H3;1H4/t10-,11?;;;/m1.../s1. The summed E-state index contributed by atoms with van der Waals surface area (Å²) in [7, 11) is 4.74. The second kappa shape index (κ2) is 12.8. The van der Waals surface area contributed by atoms with Crippen molar-refractivity contribution in [2.24, 2.45) is 18.9 Å². The molecular weight excluding hydrogens is 404 g/mol. The molecule has 2 aromatic rings. The molecule has 0 spiro atoms. The molecule has 2 aliphatic rings. The molecule has 2 atom stereocenters. The Bertz CT molecular complexity index is 794. The lowest BCUT2D eigenvalue weighted by molar-refractivity contribution is 0.399. The van der Waals surface area contributed by atoms with Crippen molar-refractivity contribution in [1.82, 2.24) is 18.8 Å². The monoisotopic (exact) mass is 438 g/mol. The summed E-state index contributed by atoms with van der Waals surface area (Å²) in [5.41, 5.74) is 0.854. The first-order valence-electron chi connectivity index (χ1n) is 9.36. The Balaban J connectivity index is 0.000000356. The van der Waals surface area contributed by atoms with Gasteiger partial charge in [-0.1, -0.05) is 13.8 Å². The lowest BCUT2D eigenvalue weighted by Gasteiger charge is -2.16. The van der Waals surface area contributed by atoms with Gasteiger partial charge in [-0.25, -0.2) is 9.29 Å². The molecule has 9 heteroatoms. The summed E-state index contributed by atoms with van der Waals surface area (Å²) in [6.07, 6.45) is 11.2. The zero-order valence-corrected chi connectivity index (χ0v) is 18.3. The summed E-state index contributed by atoms with van der Waals surface area (Å²) in [5.74, 6) is 2.61. The van der Waals surface area contributed by atoms with Gasteiger partial charge in [0.25, 0.3) is 0 Å². The van der Waals surface area contributed by atoms with Crippen LogP contribution in [-0.2, 0) is 7.05 Å². The van der Waals surface area contributed by atoms with E-state index in [-0.39, 0.29) is 7.43 Å². The number of H-pyrrole nitrogens is 1. The first-order valence-corrected chi connectivity index (χ1v) is 10.5. The van der Waals surface area contributed by atoms with Crippen molar-refractivity contribution in [2.45, 2.75) is 31.6 Å². The summed E-state index contributed by atoms with van der Waals surface area (Å²) in [5, 5.41) is 17.5. The van der Waals surface area contributed by atoms with Crippen LogP contribution in [0.15, 0.2) is 29.6 Å². The molecule has 3 heterocycles. The minimum Gasteiger partial charge on any atom is -0.400 e. The molecule has 1 unspecified atom stereocenters. The quantitative estimate of drug-likeness (QED) is 0.325. The van der Waals surface area contributed by atoms with Crippen LogP contribution >= 0.6 is 24.2 Å². The smallest absolute Gasteiger partial charge is 0.176 e. The highest BCUT2D eigenvalue weighted by molar-refractivity contribution is 7.97. The number of aromatic amines is 1. The number of hydrogen-bond donors (Lipinski definition) is 4. The first-order chi connectivity index (χ1) is 13.6. The zero-order chi connectivity index (χ0) is 20.5. The van der Waals surface area contributed by atoms with Crippen LogP contribution in [0.5, 0.6) is 0 Å². The lowest BCUT2D eigenvalue weighted by atomic mass is 10.0. The van der Waals surface area contributed by atoms with E-state index in [1.54, 1.807) is 11.9 Å². The third-order valence-electron chi connectivity index (χ3n) is 5.04. The van der Waals surface area contributed by atoms with Crippen LogP contribution in [0.3, 0.4) is 0 Å². The number of nitrogens with one attached hydrogen (secondary N) is 3. The van der Waals surface area contributed by atoms with Gasteiger partial charge in [0.2, 0.25) is 0 Å². The minimum atomic E-state index is 0. The highest BCUT2D eigenvalue weighted by Gasteiger charge is 2.36. The van der Waals surface area contributed by atoms with Crippen molar-refractivity contribution in [3.05, 3.63) is 35.0 Å². The first kappa shape index (κ1) is 25.4. The summed E-state index contributed by atoms with van der Waals surface area (Å²) in [6.45, 7) is 2.42. The average Bonchev–Trinajstić information content (AvgIpc) is 3.41. The zero-order valence-electron chi connectivity index (χ0n) is 16.7. The van der Waals surface area contributed by atoms with E-state index in [1.165, 1.54) is 38.6 Å². The van der Waals surface area contributed by atoms with Gasteiger partial charge in [0, 0.05) is 69.6 Å². The molecule has 1 aliphatic carbocycles. The molecular formula is C20H34N6OS2. The van der Waals surface area contributed by atoms with Gasteiger partial charge in [-0.05, 0) is 54.9 Å². The number of rotatable bonds is 4. The Morgan fingerprint density at radius 1 is 1.34 bits per heavy atom. The maximum Gasteiger partial charge on any atom is 0.176 e. The Morgan fingerprint density at radius 2 is 2.00 bits per heavy atom. The summed E-state index contributed by atoms with van der Waals surface area (Å²) >= 11 is 6.59. The van der Waals surface area contributed by atoms with Crippen LogP contribution in [0.4, 0.5) is 5.82 Å². The van der Waals surface area contributed by atoms with Crippen molar-refractivity contribution in [1.29, 1.82) is 5.41 Å². The molecule has 4 N–H and O–H groups in total. The van der Waals surface area contributed by atoms with Crippen LogP contribution in [0.25, 0.3) is 0 Å². The van der Waals surface area contributed by atoms with E-state index in [1.807, 2.05) is 43.3 Å². The van der Waals surface area contributed by atoms with Crippen LogP contribution in [0.2, 0.25) is 0 Å². The number of aliphatic hydroxyl groups excluding tert-OH is 1. The maximum absolute atomic E-state index is 7.44. The summed E-state index contributed by atoms with van der Waals surface area (Å²) < 4.78 is 5.08. The van der Waals surface area contributed by atoms with E-state index in [2.05, 4.69) is 19.6 Å². The Labute approximate surface area is 183 Å². The van der Waals surface area contributed by atoms with E-state index in [0.29, 0.717) is 0 Å². The molecule has 29 heavy (non-hydrogen) atoms. The van der Waals surface area contributed by atoms with E-state index in [9.17, 15) is 0 Å². The van der Waals surface area contributed by atoms with Gasteiger partial charge in [0.15, 0.2) is 4.77 Å². The lowest BCUT2D eigenvalue weighted by Crippen LogP contribution is -2.12. The predicted octanol–water partition coefficient (Wildman–Crippen LogP) is 4.19. The van der Waals surface area contributed by atoms with Gasteiger partial charge in [-0.15, -0.1) is 0 Å². The number of aliphatic hydroxyl groups is 1. The number of imidazole rings is 1. The largest absolute Gasteiger partial charge is 0.400 e. The number of hydrogen-bond acceptors (Lipinski definition) is 7.